The van der Waals surface area contributed by atoms with Crippen LogP contribution in [0.3, 0.4) is 0 Å². The largest absolute Gasteiger partial charge is 0.496 e. The minimum Gasteiger partial charge on any atom is -0.496 e. The van der Waals surface area contributed by atoms with Crippen LogP contribution in [0.4, 0.5) is 9.93 Å². The first kappa shape index (κ1) is 17.2. The highest BCUT2D eigenvalue weighted by atomic mass is 32.1. The number of rotatable bonds is 6. The van der Waals surface area contributed by atoms with E-state index in [1.165, 1.54) is 18.4 Å². The normalized spacial score (nSPS) is 12.0. The number of carbonyl (C=O) groups is 1. The lowest BCUT2D eigenvalue weighted by molar-refractivity contribution is 0.171. The topological polar surface area (TPSA) is 96.4 Å². The van der Waals surface area contributed by atoms with Crippen LogP contribution in [-0.2, 0) is 0 Å². The van der Waals surface area contributed by atoms with Crippen LogP contribution < -0.4 is 15.4 Å². The van der Waals surface area contributed by atoms with Crippen molar-refractivity contribution in [2.75, 3.05) is 19.0 Å². The van der Waals surface area contributed by atoms with Gasteiger partial charge >= 0.3 is 6.03 Å². The molecule has 0 unspecified atom stereocenters. The number of methoxy groups -OCH3 is 1. The summed E-state index contributed by atoms with van der Waals surface area (Å²) in [4.78, 5) is 11.9. The molecule has 3 N–H and O–H groups in total. The lowest BCUT2D eigenvalue weighted by Crippen LogP contribution is -2.32. The molecule has 2 rings (SSSR count). The maximum atomic E-state index is 11.9. The predicted molar refractivity (Wildman–Crippen MR) is 89.0 cm³/mol. The number of carbonyl (C=O) groups excluding carboxylic acids is 1. The van der Waals surface area contributed by atoms with E-state index in [2.05, 4.69) is 20.8 Å². The van der Waals surface area contributed by atoms with Crippen molar-refractivity contribution in [1.29, 1.82) is 0 Å². The Kier molecular flexibility index (Phi) is 5.89. The van der Waals surface area contributed by atoms with Crippen molar-refractivity contribution in [3.63, 3.8) is 0 Å². The fraction of sp³-hybridized carbons (Fsp3) is 0.400. The summed E-state index contributed by atoms with van der Waals surface area (Å²) in [7, 11) is 1.54. The Balaban J connectivity index is 1.88. The lowest BCUT2D eigenvalue weighted by atomic mass is 10.1. The summed E-state index contributed by atoms with van der Waals surface area (Å²) in [6.45, 7) is 4.07. The number of ether oxygens (including phenoxy) is 1. The molecule has 124 valence electrons. The van der Waals surface area contributed by atoms with E-state index < -0.39 is 12.1 Å². The number of para-hydroxylation sites is 1. The number of nitrogens with one attached hydrogen (secondary N) is 2. The molecule has 2 amide bonds. The number of benzene rings is 1. The summed E-state index contributed by atoms with van der Waals surface area (Å²) in [5.41, 5.74) is 0.619. The SMILES string of the molecule is COc1ccccc1[C@H](O)CNC(=O)Nc1nnc(C(C)C)s1. The Morgan fingerprint density at radius 2 is 2.09 bits per heavy atom. The first-order valence-electron chi connectivity index (χ1n) is 7.20. The molecule has 0 saturated heterocycles. The van der Waals surface area contributed by atoms with Crippen molar-refractivity contribution in [2.24, 2.45) is 0 Å². The predicted octanol–water partition coefficient (Wildman–Crippen LogP) is 2.53. The van der Waals surface area contributed by atoms with E-state index in [0.29, 0.717) is 16.4 Å². The molecule has 0 radical (unpaired) electrons. The third kappa shape index (κ3) is 4.64. The summed E-state index contributed by atoms with van der Waals surface area (Å²) in [6, 6.07) is 6.69. The van der Waals surface area contributed by atoms with E-state index in [-0.39, 0.29) is 12.5 Å². The molecule has 0 aliphatic carbocycles. The van der Waals surface area contributed by atoms with Gasteiger partial charge in [0.25, 0.3) is 0 Å². The number of hydrogen-bond acceptors (Lipinski definition) is 6. The Hall–Kier alpha value is -2.19. The van der Waals surface area contributed by atoms with E-state index >= 15 is 0 Å². The fourth-order valence-corrected chi connectivity index (χ4v) is 2.64. The third-order valence-electron chi connectivity index (χ3n) is 3.11. The molecule has 0 saturated carbocycles. The van der Waals surface area contributed by atoms with Gasteiger partial charge in [-0.1, -0.05) is 43.4 Å². The number of aliphatic hydroxyl groups excluding tert-OH is 1. The van der Waals surface area contributed by atoms with E-state index in [1.54, 1.807) is 18.2 Å². The van der Waals surface area contributed by atoms with Crippen molar-refractivity contribution < 1.29 is 14.6 Å². The summed E-state index contributed by atoms with van der Waals surface area (Å²) in [5, 5.41) is 24.6. The molecular weight excluding hydrogens is 316 g/mol. The van der Waals surface area contributed by atoms with Gasteiger partial charge < -0.3 is 15.2 Å². The molecule has 8 heteroatoms. The van der Waals surface area contributed by atoms with Crippen molar-refractivity contribution in [3.8, 4) is 5.75 Å². The summed E-state index contributed by atoms with van der Waals surface area (Å²) in [5.74, 6) is 0.839. The van der Waals surface area contributed by atoms with Crippen LogP contribution in [0, 0.1) is 0 Å². The summed E-state index contributed by atoms with van der Waals surface area (Å²) in [6.07, 6.45) is -0.863. The zero-order chi connectivity index (χ0) is 16.8. The van der Waals surface area contributed by atoms with Crippen molar-refractivity contribution in [3.05, 3.63) is 34.8 Å². The molecule has 1 aromatic heterocycles. The van der Waals surface area contributed by atoms with Crippen molar-refractivity contribution >= 4 is 22.5 Å². The highest BCUT2D eigenvalue weighted by Gasteiger charge is 2.15. The molecule has 0 aliphatic rings. The minimum atomic E-state index is -0.863. The van der Waals surface area contributed by atoms with Gasteiger partial charge in [-0.25, -0.2) is 4.79 Å². The smallest absolute Gasteiger partial charge is 0.321 e. The first-order valence-corrected chi connectivity index (χ1v) is 8.02. The highest BCUT2D eigenvalue weighted by molar-refractivity contribution is 7.15. The van der Waals surface area contributed by atoms with Crippen LogP contribution in [0.5, 0.6) is 5.75 Å². The summed E-state index contributed by atoms with van der Waals surface area (Å²) >= 11 is 1.33. The van der Waals surface area contributed by atoms with Gasteiger partial charge in [0.15, 0.2) is 0 Å². The molecule has 0 aliphatic heterocycles. The van der Waals surface area contributed by atoms with Crippen molar-refractivity contribution in [2.45, 2.75) is 25.9 Å². The quantitative estimate of drug-likeness (QED) is 0.753. The first-order chi connectivity index (χ1) is 11.0. The van der Waals surface area contributed by atoms with Gasteiger partial charge in [-0.2, -0.15) is 0 Å². The van der Waals surface area contributed by atoms with Gasteiger partial charge in [-0.3, -0.25) is 5.32 Å². The van der Waals surface area contributed by atoms with E-state index in [9.17, 15) is 9.90 Å². The average molecular weight is 336 g/mol. The van der Waals surface area contributed by atoms with Crippen LogP contribution in [0.15, 0.2) is 24.3 Å². The van der Waals surface area contributed by atoms with E-state index in [1.807, 2.05) is 19.9 Å². The van der Waals surface area contributed by atoms with Gasteiger partial charge in [0, 0.05) is 18.0 Å². The lowest BCUT2D eigenvalue weighted by Gasteiger charge is -2.15. The summed E-state index contributed by atoms with van der Waals surface area (Å²) < 4.78 is 5.19. The number of hydrogen-bond donors (Lipinski definition) is 3. The molecule has 0 spiro atoms. The molecule has 1 aromatic carbocycles. The van der Waals surface area contributed by atoms with E-state index in [4.69, 9.17) is 4.74 Å². The monoisotopic (exact) mass is 336 g/mol. The fourth-order valence-electron chi connectivity index (χ4n) is 1.90. The zero-order valence-corrected chi connectivity index (χ0v) is 14.1. The molecule has 1 atom stereocenters. The highest BCUT2D eigenvalue weighted by Crippen LogP contribution is 2.24. The molecule has 7 nitrogen and oxygen atoms in total. The Labute approximate surface area is 138 Å². The molecule has 23 heavy (non-hydrogen) atoms. The van der Waals surface area contributed by atoms with Crippen LogP contribution in [0.1, 0.15) is 36.4 Å². The van der Waals surface area contributed by atoms with Gasteiger partial charge in [-0.15, -0.1) is 10.2 Å². The maximum absolute atomic E-state index is 11.9. The Morgan fingerprint density at radius 3 is 2.74 bits per heavy atom. The third-order valence-corrected chi connectivity index (χ3v) is 4.25. The van der Waals surface area contributed by atoms with Crippen LogP contribution >= 0.6 is 11.3 Å². The maximum Gasteiger partial charge on any atom is 0.321 e. The Morgan fingerprint density at radius 1 is 1.35 bits per heavy atom. The van der Waals surface area contributed by atoms with Gasteiger partial charge in [0.2, 0.25) is 5.13 Å². The van der Waals surface area contributed by atoms with Crippen LogP contribution in [0.2, 0.25) is 0 Å². The standard InChI is InChI=1S/C15H20N4O3S/c1-9(2)13-18-19-15(23-13)17-14(21)16-8-11(20)10-6-4-5-7-12(10)22-3/h4-7,9,11,20H,8H2,1-3H3,(H2,16,17,19,21)/t11-/m1/s1. The molecule has 1 heterocycles. The van der Waals surface area contributed by atoms with Crippen molar-refractivity contribution in [1.82, 2.24) is 15.5 Å². The molecular formula is C15H20N4O3S. The van der Waals surface area contributed by atoms with Crippen LogP contribution in [0.25, 0.3) is 0 Å². The van der Waals surface area contributed by atoms with E-state index in [0.717, 1.165) is 5.01 Å². The van der Waals surface area contributed by atoms with Gasteiger partial charge in [-0.05, 0) is 6.07 Å². The minimum absolute atomic E-state index is 0.0576. The zero-order valence-electron chi connectivity index (χ0n) is 13.2. The number of aromatic nitrogens is 2. The second kappa shape index (κ2) is 7.89. The molecule has 2 aromatic rings. The second-order valence-electron chi connectivity index (χ2n) is 5.19. The second-order valence-corrected chi connectivity index (χ2v) is 6.20. The number of aliphatic hydroxyl groups is 1. The number of nitrogens with zero attached hydrogens (tertiary/aromatic N) is 2. The molecule has 0 fully saturated rings. The number of anilines is 1. The van der Waals surface area contributed by atoms with Gasteiger partial charge in [0.1, 0.15) is 10.8 Å². The number of amides is 2. The Bertz CT molecular complexity index is 660. The average Bonchev–Trinajstić information content (AvgIpc) is 3.01. The molecule has 0 bridgehead atoms. The number of urea groups is 1. The van der Waals surface area contributed by atoms with Crippen LogP contribution in [-0.4, -0.2) is 35.0 Å². The van der Waals surface area contributed by atoms with Gasteiger partial charge in [0.05, 0.1) is 13.2 Å².